The summed E-state index contributed by atoms with van der Waals surface area (Å²) in [5.74, 6) is 0.673. The summed E-state index contributed by atoms with van der Waals surface area (Å²) in [4.78, 5) is 10.8. The van der Waals surface area contributed by atoms with Gasteiger partial charge in [-0.2, -0.15) is 0 Å². The summed E-state index contributed by atoms with van der Waals surface area (Å²) < 4.78 is 5.52. The second kappa shape index (κ2) is 6.40. The van der Waals surface area contributed by atoms with Crippen molar-refractivity contribution in [3.63, 3.8) is 0 Å². The van der Waals surface area contributed by atoms with E-state index in [0.29, 0.717) is 17.9 Å². The van der Waals surface area contributed by atoms with E-state index in [-0.39, 0.29) is 0 Å². The number of ether oxygens (including phenoxy) is 1. The van der Waals surface area contributed by atoms with Crippen LogP contribution < -0.4 is 4.74 Å². The molecule has 0 radical (unpaired) electrons. The molecule has 0 heterocycles. The number of aryl methyl sites for hydroxylation is 1. The first kappa shape index (κ1) is 12.0. The molecule has 0 saturated heterocycles. The van der Waals surface area contributed by atoms with Gasteiger partial charge in [-0.25, -0.2) is 0 Å². The van der Waals surface area contributed by atoms with Crippen LogP contribution in [0.2, 0.25) is 0 Å². The smallest absolute Gasteiger partial charge is 0.153 e. The Hall–Kier alpha value is -1.09. The van der Waals surface area contributed by atoms with Crippen molar-refractivity contribution >= 4 is 22.2 Å². The first-order chi connectivity index (χ1) is 7.29. The maximum absolute atomic E-state index is 10.8. The maximum atomic E-state index is 10.8. The number of benzene rings is 1. The minimum atomic E-state index is 0.483. The molecule has 3 heteroatoms. The molecule has 0 aliphatic carbocycles. The lowest BCUT2D eigenvalue weighted by molar-refractivity contribution is 0.112. The van der Waals surface area contributed by atoms with Crippen LogP contribution in [0.25, 0.3) is 0 Å². The van der Waals surface area contributed by atoms with Gasteiger partial charge in [0.15, 0.2) is 6.29 Å². The van der Waals surface area contributed by atoms with E-state index in [1.165, 1.54) is 0 Å². The fourth-order valence-electron chi connectivity index (χ4n) is 1.23. The zero-order valence-electron chi connectivity index (χ0n) is 8.57. The van der Waals surface area contributed by atoms with Crippen LogP contribution in [-0.2, 0) is 0 Å². The summed E-state index contributed by atoms with van der Waals surface area (Å²) in [6.45, 7) is 2.41. The van der Waals surface area contributed by atoms with Crippen molar-refractivity contribution in [1.29, 1.82) is 0 Å². The van der Waals surface area contributed by atoms with Gasteiger partial charge in [0.2, 0.25) is 0 Å². The third-order valence-electron chi connectivity index (χ3n) is 1.95. The first-order valence-electron chi connectivity index (χ1n) is 4.68. The normalized spacial score (nSPS) is 10.5. The zero-order chi connectivity index (χ0) is 11.1. The van der Waals surface area contributed by atoms with Crippen LogP contribution in [-0.4, -0.2) is 18.2 Å². The van der Waals surface area contributed by atoms with Crippen molar-refractivity contribution < 1.29 is 9.53 Å². The molecule has 0 aliphatic heterocycles. The van der Waals surface area contributed by atoms with Gasteiger partial charge in [-0.1, -0.05) is 40.2 Å². The lowest BCUT2D eigenvalue weighted by Crippen LogP contribution is -1.99. The Balaban J connectivity index is 2.74. The second-order valence-electron chi connectivity index (χ2n) is 3.05. The molecule has 0 atom stereocenters. The molecular formula is C12H13BrO2. The quantitative estimate of drug-likeness (QED) is 0.466. The van der Waals surface area contributed by atoms with Gasteiger partial charge in [0.1, 0.15) is 12.4 Å². The fourth-order valence-corrected chi connectivity index (χ4v) is 1.49. The topological polar surface area (TPSA) is 26.3 Å². The number of rotatable bonds is 5. The number of aldehydes is 1. The number of carbonyl (C=O) groups excluding carboxylic acids is 1. The standard InChI is InChI=1S/C12H13BrO2/c1-10-5-4-6-11(9-14)12(10)15-8-3-2-7-13/h2-6,9H,7-8H2,1H3/b3-2+. The maximum Gasteiger partial charge on any atom is 0.153 e. The van der Waals surface area contributed by atoms with Crippen LogP contribution in [0.5, 0.6) is 5.75 Å². The van der Waals surface area contributed by atoms with Gasteiger partial charge in [-0.3, -0.25) is 4.79 Å². The fraction of sp³-hybridized carbons (Fsp3) is 0.250. The van der Waals surface area contributed by atoms with Gasteiger partial charge in [-0.05, 0) is 18.6 Å². The minimum Gasteiger partial charge on any atom is -0.489 e. The molecule has 0 aromatic heterocycles. The highest BCUT2D eigenvalue weighted by Crippen LogP contribution is 2.21. The average molecular weight is 269 g/mol. The summed E-state index contributed by atoms with van der Waals surface area (Å²) in [7, 11) is 0. The summed E-state index contributed by atoms with van der Waals surface area (Å²) in [6.07, 6.45) is 4.69. The van der Waals surface area contributed by atoms with E-state index in [0.717, 1.165) is 17.2 Å². The molecule has 1 aromatic rings. The molecule has 80 valence electrons. The molecule has 0 unspecified atom stereocenters. The second-order valence-corrected chi connectivity index (χ2v) is 3.70. The largest absolute Gasteiger partial charge is 0.489 e. The van der Waals surface area contributed by atoms with E-state index in [1.807, 2.05) is 31.2 Å². The number of halogens is 1. The summed E-state index contributed by atoms with van der Waals surface area (Å²) in [6, 6.07) is 5.53. The SMILES string of the molecule is Cc1cccc(C=O)c1OC/C=C/CBr. The van der Waals surface area contributed by atoms with Crippen molar-refractivity contribution in [2.24, 2.45) is 0 Å². The summed E-state index contributed by atoms with van der Waals surface area (Å²) >= 11 is 3.28. The van der Waals surface area contributed by atoms with Crippen molar-refractivity contribution in [3.8, 4) is 5.75 Å². The highest BCUT2D eigenvalue weighted by Gasteiger charge is 2.04. The number of alkyl halides is 1. The molecule has 1 rings (SSSR count). The zero-order valence-corrected chi connectivity index (χ0v) is 10.2. The Kier molecular flexibility index (Phi) is 5.12. The van der Waals surface area contributed by atoms with E-state index in [4.69, 9.17) is 4.74 Å². The van der Waals surface area contributed by atoms with Crippen LogP contribution in [0.3, 0.4) is 0 Å². The van der Waals surface area contributed by atoms with Crippen molar-refractivity contribution in [2.75, 3.05) is 11.9 Å². The first-order valence-corrected chi connectivity index (χ1v) is 5.80. The van der Waals surface area contributed by atoms with Gasteiger partial charge in [0.05, 0.1) is 5.56 Å². The Morgan fingerprint density at radius 2 is 2.20 bits per heavy atom. The Morgan fingerprint density at radius 3 is 2.87 bits per heavy atom. The average Bonchev–Trinajstić information content (AvgIpc) is 2.26. The molecular weight excluding hydrogens is 256 g/mol. The van der Waals surface area contributed by atoms with Crippen LogP contribution in [0.1, 0.15) is 15.9 Å². The lowest BCUT2D eigenvalue weighted by atomic mass is 10.1. The van der Waals surface area contributed by atoms with E-state index in [9.17, 15) is 4.79 Å². The molecule has 15 heavy (non-hydrogen) atoms. The predicted octanol–water partition coefficient (Wildman–Crippen LogP) is 3.14. The molecule has 0 fully saturated rings. The van der Waals surface area contributed by atoms with Crippen molar-refractivity contribution in [1.82, 2.24) is 0 Å². The van der Waals surface area contributed by atoms with Crippen LogP contribution >= 0.6 is 15.9 Å². The monoisotopic (exact) mass is 268 g/mol. The highest BCUT2D eigenvalue weighted by atomic mass is 79.9. The van der Waals surface area contributed by atoms with Crippen molar-refractivity contribution in [3.05, 3.63) is 41.5 Å². The summed E-state index contributed by atoms with van der Waals surface area (Å²) in [5.41, 5.74) is 1.58. The number of para-hydroxylation sites is 1. The lowest BCUT2D eigenvalue weighted by Gasteiger charge is -2.08. The van der Waals surface area contributed by atoms with Gasteiger partial charge in [0, 0.05) is 5.33 Å². The van der Waals surface area contributed by atoms with Crippen molar-refractivity contribution in [2.45, 2.75) is 6.92 Å². The third-order valence-corrected chi connectivity index (χ3v) is 2.32. The van der Waals surface area contributed by atoms with Gasteiger partial charge in [0.25, 0.3) is 0 Å². The molecule has 0 bridgehead atoms. The van der Waals surface area contributed by atoms with Gasteiger partial charge < -0.3 is 4.74 Å². The van der Waals surface area contributed by atoms with E-state index in [1.54, 1.807) is 6.07 Å². The van der Waals surface area contributed by atoms with Crippen LogP contribution in [0, 0.1) is 6.92 Å². The molecule has 0 spiro atoms. The molecule has 1 aromatic carbocycles. The Morgan fingerprint density at radius 1 is 1.40 bits per heavy atom. The number of allylic oxidation sites excluding steroid dienone is 1. The number of hydrogen-bond acceptors (Lipinski definition) is 2. The van der Waals surface area contributed by atoms with E-state index in [2.05, 4.69) is 15.9 Å². The Labute approximate surface area is 98.1 Å². The Bertz CT molecular complexity index is 359. The highest BCUT2D eigenvalue weighted by molar-refractivity contribution is 9.09. The minimum absolute atomic E-state index is 0.483. The summed E-state index contributed by atoms with van der Waals surface area (Å²) in [5, 5.41) is 0.810. The van der Waals surface area contributed by atoms with E-state index < -0.39 is 0 Å². The van der Waals surface area contributed by atoms with Crippen LogP contribution in [0.4, 0.5) is 0 Å². The number of hydrogen-bond donors (Lipinski definition) is 0. The molecule has 0 aliphatic rings. The van der Waals surface area contributed by atoms with Crippen LogP contribution in [0.15, 0.2) is 30.4 Å². The molecule has 2 nitrogen and oxygen atoms in total. The van der Waals surface area contributed by atoms with Gasteiger partial charge in [-0.15, -0.1) is 0 Å². The predicted molar refractivity (Wildman–Crippen MR) is 65.0 cm³/mol. The van der Waals surface area contributed by atoms with Gasteiger partial charge >= 0.3 is 0 Å². The third kappa shape index (κ3) is 3.51. The van der Waals surface area contributed by atoms with E-state index >= 15 is 0 Å². The molecule has 0 N–H and O–H groups in total. The number of carbonyl (C=O) groups is 1. The molecule has 0 saturated carbocycles. The molecule has 0 amide bonds.